The average Bonchev–Trinajstić information content (AvgIpc) is 2.97. The van der Waals surface area contributed by atoms with Gasteiger partial charge < -0.3 is 8.98 Å². The van der Waals surface area contributed by atoms with Gasteiger partial charge in [0.25, 0.3) is 0 Å². The molecule has 0 fully saturated rings. The molecule has 3 heteroatoms. The molecule has 0 saturated carbocycles. The summed E-state index contributed by atoms with van der Waals surface area (Å²) in [6, 6.07) is 20.5. The lowest BCUT2D eigenvalue weighted by Gasteiger charge is -2.08. The van der Waals surface area contributed by atoms with Gasteiger partial charge in [0, 0.05) is 29.9 Å². The maximum absolute atomic E-state index is 12.7. The van der Waals surface area contributed by atoms with Crippen LogP contribution in [-0.2, 0) is 13.0 Å². The van der Waals surface area contributed by atoms with Crippen LogP contribution in [0, 0.1) is 0 Å². The lowest BCUT2D eigenvalue weighted by Crippen LogP contribution is -2.04. The van der Waals surface area contributed by atoms with Gasteiger partial charge in [0.15, 0.2) is 0 Å². The van der Waals surface area contributed by atoms with E-state index in [0.717, 1.165) is 54.4 Å². The Kier molecular flexibility index (Phi) is 4.61. The van der Waals surface area contributed by atoms with Gasteiger partial charge in [0.2, 0.25) is 0 Å². The third-order valence-electron chi connectivity index (χ3n) is 4.95. The molecule has 0 aliphatic heterocycles. The molecule has 0 amide bonds. The first-order chi connectivity index (χ1) is 12.8. The van der Waals surface area contributed by atoms with Crippen LogP contribution in [0.3, 0.4) is 0 Å². The van der Waals surface area contributed by atoms with E-state index in [1.54, 1.807) is 0 Å². The SMILES string of the molecule is CCCCCc1cc2c(c(=O)o1)c1ccccc1n2Cc1ccccc1. The summed E-state index contributed by atoms with van der Waals surface area (Å²) in [6.45, 7) is 2.92. The van der Waals surface area contributed by atoms with Crippen molar-refractivity contribution in [2.45, 2.75) is 39.2 Å². The van der Waals surface area contributed by atoms with E-state index in [0.29, 0.717) is 5.39 Å². The fourth-order valence-electron chi connectivity index (χ4n) is 3.65. The molecule has 2 heterocycles. The first-order valence-electron chi connectivity index (χ1n) is 9.36. The standard InChI is InChI=1S/C23H23NO2/c1-2-3-5-12-18-15-21-22(23(25)26-18)19-13-8-9-14-20(19)24(21)16-17-10-6-4-7-11-17/h4,6-11,13-15H,2-3,5,12,16H2,1H3. The molecular formula is C23H23NO2. The Labute approximate surface area is 152 Å². The fourth-order valence-corrected chi connectivity index (χ4v) is 3.65. The van der Waals surface area contributed by atoms with Gasteiger partial charge >= 0.3 is 5.63 Å². The number of aryl methyl sites for hydroxylation is 1. The third kappa shape index (κ3) is 3.05. The van der Waals surface area contributed by atoms with E-state index in [-0.39, 0.29) is 5.63 Å². The molecule has 26 heavy (non-hydrogen) atoms. The Morgan fingerprint density at radius 1 is 0.923 bits per heavy atom. The summed E-state index contributed by atoms with van der Waals surface area (Å²) < 4.78 is 7.88. The summed E-state index contributed by atoms with van der Waals surface area (Å²) in [6.07, 6.45) is 4.16. The molecule has 4 rings (SSSR count). The molecule has 2 aromatic carbocycles. The van der Waals surface area contributed by atoms with E-state index in [1.165, 1.54) is 5.56 Å². The van der Waals surface area contributed by atoms with E-state index in [1.807, 2.05) is 36.4 Å². The Hall–Kier alpha value is -2.81. The summed E-state index contributed by atoms with van der Waals surface area (Å²) in [4.78, 5) is 12.7. The smallest absolute Gasteiger partial charge is 0.346 e. The molecule has 2 aromatic heterocycles. The van der Waals surface area contributed by atoms with E-state index in [9.17, 15) is 4.79 Å². The minimum Gasteiger partial charge on any atom is -0.427 e. The summed E-state index contributed by atoms with van der Waals surface area (Å²) in [5, 5.41) is 1.66. The molecule has 0 atom stereocenters. The normalized spacial score (nSPS) is 11.4. The molecule has 0 aliphatic carbocycles. The highest BCUT2D eigenvalue weighted by Gasteiger charge is 2.16. The van der Waals surface area contributed by atoms with E-state index < -0.39 is 0 Å². The van der Waals surface area contributed by atoms with Crippen molar-refractivity contribution in [3.63, 3.8) is 0 Å². The van der Waals surface area contributed by atoms with Crippen LogP contribution < -0.4 is 5.63 Å². The van der Waals surface area contributed by atoms with Crippen molar-refractivity contribution < 1.29 is 4.42 Å². The molecule has 0 unspecified atom stereocenters. The zero-order chi connectivity index (χ0) is 17.9. The quantitative estimate of drug-likeness (QED) is 0.431. The molecule has 0 spiro atoms. The van der Waals surface area contributed by atoms with Crippen molar-refractivity contribution in [3.05, 3.63) is 82.4 Å². The number of hydrogen-bond donors (Lipinski definition) is 0. The summed E-state index contributed by atoms with van der Waals surface area (Å²) in [5.74, 6) is 0.785. The predicted molar refractivity (Wildman–Crippen MR) is 107 cm³/mol. The van der Waals surface area contributed by atoms with E-state index in [4.69, 9.17) is 4.42 Å². The monoisotopic (exact) mass is 345 g/mol. The Balaban J connectivity index is 1.90. The first kappa shape index (κ1) is 16.6. The van der Waals surface area contributed by atoms with Crippen LogP contribution in [0.1, 0.15) is 37.5 Å². The van der Waals surface area contributed by atoms with Gasteiger partial charge in [-0.1, -0.05) is 68.3 Å². The van der Waals surface area contributed by atoms with Crippen molar-refractivity contribution in [2.24, 2.45) is 0 Å². The van der Waals surface area contributed by atoms with Crippen LogP contribution in [0.15, 0.2) is 69.9 Å². The number of unbranched alkanes of at least 4 members (excludes halogenated alkanes) is 2. The van der Waals surface area contributed by atoms with Crippen LogP contribution in [-0.4, -0.2) is 4.57 Å². The molecule has 0 N–H and O–H groups in total. The minimum absolute atomic E-state index is 0.225. The van der Waals surface area contributed by atoms with Gasteiger partial charge in [-0.3, -0.25) is 0 Å². The first-order valence-corrected chi connectivity index (χ1v) is 9.36. The van der Waals surface area contributed by atoms with Crippen molar-refractivity contribution in [2.75, 3.05) is 0 Å². The maximum atomic E-state index is 12.7. The summed E-state index contributed by atoms with van der Waals surface area (Å²) in [7, 11) is 0. The number of hydrogen-bond acceptors (Lipinski definition) is 2. The summed E-state index contributed by atoms with van der Waals surface area (Å²) in [5.41, 5.74) is 3.04. The van der Waals surface area contributed by atoms with E-state index in [2.05, 4.69) is 35.8 Å². The second-order valence-corrected chi connectivity index (χ2v) is 6.81. The summed E-state index contributed by atoms with van der Waals surface area (Å²) >= 11 is 0. The number of para-hydroxylation sites is 1. The van der Waals surface area contributed by atoms with Crippen LogP contribution in [0.5, 0.6) is 0 Å². The van der Waals surface area contributed by atoms with Crippen LogP contribution >= 0.6 is 0 Å². The number of fused-ring (bicyclic) bond motifs is 3. The van der Waals surface area contributed by atoms with Gasteiger partial charge in [-0.2, -0.15) is 0 Å². The van der Waals surface area contributed by atoms with Crippen LogP contribution in [0.25, 0.3) is 21.8 Å². The number of rotatable bonds is 6. The largest absolute Gasteiger partial charge is 0.427 e. The zero-order valence-electron chi connectivity index (χ0n) is 15.1. The fraction of sp³-hybridized carbons (Fsp3) is 0.261. The number of nitrogens with zero attached hydrogens (tertiary/aromatic N) is 1. The van der Waals surface area contributed by atoms with Crippen LogP contribution in [0.4, 0.5) is 0 Å². The highest BCUT2D eigenvalue weighted by atomic mass is 16.4. The van der Waals surface area contributed by atoms with Crippen molar-refractivity contribution in [1.29, 1.82) is 0 Å². The second-order valence-electron chi connectivity index (χ2n) is 6.81. The molecule has 4 aromatic rings. The lowest BCUT2D eigenvalue weighted by atomic mass is 10.1. The number of aromatic nitrogens is 1. The van der Waals surface area contributed by atoms with Gasteiger partial charge in [0.1, 0.15) is 5.76 Å². The molecular weight excluding hydrogens is 322 g/mol. The molecule has 0 aliphatic rings. The van der Waals surface area contributed by atoms with E-state index >= 15 is 0 Å². The van der Waals surface area contributed by atoms with Crippen molar-refractivity contribution in [1.82, 2.24) is 4.57 Å². The molecule has 3 nitrogen and oxygen atoms in total. The predicted octanol–water partition coefficient (Wildman–Crippen LogP) is 5.53. The molecule has 0 saturated heterocycles. The average molecular weight is 345 g/mol. The molecule has 0 radical (unpaired) electrons. The number of benzene rings is 2. The maximum Gasteiger partial charge on any atom is 0.346 e. The second kappa shape index (κ2) is 7.20. The van der Waals surface area contributed by atoms with Crippen LogP contribution in [0.2, 0.25) is 0 Å². The third-order valence-corrected chi connectivity index (χ3v) is 4.95. The van der Waals surface area contributed by atoms with Crippen molar-refractivity contribution in [3.8, 4) is 0 Å². The minimum atomic E-state index is -0.225. The Morgan fingerprint density at radius 2 is 1.69 bits per heavy atom. The molecule has 132 valence electrons. The zero-order valence-corrected chi connectivity index (χ0v) is 15.1. The lowest BCUT2D eigenvalue weighted by molar-refractivity contribution is 0.457. The van der Waals surface area contributed by atoms with Gasteiger partial charge in [-0.25, -0.2) is 4.79 Å². The highest BCUT2D eigenvalue weighted by Crippen LogP contribution is 2.28. The Morgan fingerprint density at radius 3 is 2.50 bits per heavy atom. The molecule has 0 bridgehead atoms. The highest BCUT2D eigenvalue weighted by molar-refractivity contribution is 6.07. The van der Waals surface area contributed by atoms with Crippen molar-refractivity contribution >= 4 is 21.8 Å². The van der Waals surface area contributed by atoms with Gasteiger partial charge in [0.05, 0.1) is 10.9 Å². The Bertz CT molecular complexity index is 1090. The van der Waals surface area contributed by atoms with Gasteiger partial charge in [-0.15, -0.1) is 0 Å². The van der Waals surface area contributed by atoms with Gasteiger partial charge in [-0.05, 0) is 18.1 Å². The topological polar surface area (TPSA) is 35.1 Å².